The van der Waals surface area contributed by atoms with Crippen molar-refractivity contribution < 1.29 is 44.3 Å². The molecule has 0 saturated heterocycles. The summed E-state index contributed by atoms with van der Waals surface area (Å²) in [6, 6.07) is 9.62. The van der Waals surface area contributed by atoms with Crippen molar-refractivity contribution in [1.29, 1.82) is 0 Å². The third kappa shape index (κ3) is 20.6. The molecule has 176 valence electrons. The second kappa shape index (κ2) is 16.6. The molecule has 0 spiro atoms. The van der Waals surface area contributed by atoms with Gasteiger partial charge in [-0.3, -0.25) is 9.18 Å². The van der Waals surface area contributed by atoms with Gasteiger partial charge in [-0.05, 0) is 19.1 Å². The summed E-state index contributed by atoms with van der Waals surface area (Å²) in [6.45, 7) is 0.703. The maximum atomic E-state index is 13.1. The molecule has 1 aromatic rings. The average molecular weight is 456 g/mol. The van der Waals surface area contributed by atoms with Gasteiger partial charge in [-0.15, -0.1) is 17.6 Å². The quantitative estimate of drug-likeness (QED) is 0.478. The molecule has 0 bridgehead atoms. The minimum atomic E-state index is -5.50. The molecule has 0 aliphatic rings. The molecule has 1 amide bonds. The highest BCUT2D eigenvalue weighted by molar-refractivity contribution is 5.76. The monoisotopic (exact) mass is 456 g/mol. The van der Waals surface area contributed by atoms with Crippen LogP contribution < -0.4 is 10.2 Å². The average Bonchev–Trinajstić information content (AvgIpc) is 2.64. The molecule has 0 atom stereocenters. The van der Waals surface area contributed by atoms with E-state index in [1.807, 2.05) is 42.2 Å². The van der Waals surface area contributed by atoms with Crippen LogP contribution in [0.2, 0.25) is 0 Å². The number of likely N-dealkylation sites (N-methyl/N-ethyl adjacent to an activating group) is 1. The number of alkyl halides is 9. The lowest BCUT2D eigenvalue weighted by atomic mass is 10.2. The van der Waals surface area contributed by atoms with E-state index in [-0.39, 0.29) is 6.54 Å². The Kier molecular flexibility index (Phi) is 16.7. The van der Waals surface area contributed by atoms with Gasteiger partial charge in [0.1, 0.15) is 13.3 Å². The first kappa shape index (κ1) is 30.1. The van der Waals surface area contributed by atoms with Crippen LogP contribution in [0.25, 0.3) is 0 Å². The summed E-state index contributed by atoms with van der Waals surface area (Å²) in [5.41, 5.74) is 1.01. The van der Waals surface area contributed by atoms with Crippen molar-refractivity contribution in [3.63, 3.8) is 0 Å². The van der Waals surface area contributed by atoms with Crippen LogP contribution in [-0.2, 0) is 4.79 Å². The summed E-state index contributed by atoms with van der Waals surface area (Å²) in [6.07, 6.45) is -7.38. The first-order chi connectivity index (χ1) is 13.9. The van der Waals surface area contributed by atoms with E-state index in [0.717, 1.165) is 12.2 Å². The summed E-state index contributed by atoms with van der Waals surface area (Å²) < 4.78 is 97.5. The third-order valence-electron chi connectivity index (χ3n) is 3.16. The Morgan fingerprint density at radius 2 is 1.43 bits per heavy atom. The molecule has 0 aromatic heterocycles. The maximum Gasteiger partial charge on any atom is 0.559 e. The molecule has 3 nitrogen and oxygen atoms in total. The maximum absolute atomic E-state index is 13.1. The Labute approximate surface area is 169 Å². The zero-order valence-corrected chi connectivity index (χ0v) is 16.3. The van der Waals surface area contributed by atoms with Crippen molar-refractivity contribution in [3.05, 3.63) is 30.3 Å². The van der Waals surface area contributed by atoms with E-state index in [4.69, 9.17) is 0 Å². The molecule has 0 aliphatic carbocycles. The molecule has 12 heteroatoms. The number of nitrogens with zero attached hydrogens (tertiary/aromatic N) is 1. The van der Waals surface area contributed by atoms with E-state index >= 15 is 0 Å². The van der Waals surface area contributed by atoms with E-state index in [1.165, 1.54) is 0 Å². The van der Waals surface area contributed by atoms with Gasteiger partial charge in [0.25, 0.3) is 5.92 Å². The van der Waals surface area contributed by atoms with Gasteiger partial charge in [-0.25, -0.2) is 17.6 Å². The van der Waals surface area contributed by atoms with Crippen LogP contribution in [0.15, 0.2) is 30.3 Å². The summed E-state index contributed by atoms with van der Waals surface area (Å²) in [7, 11) is 0. The lowest BCUT2D eigenvalue weighted by Crippen LogP contribution is -2.37. The van der Waals surface area contributed by atoms with Crippen molar-refractivity contribution in [3.8, 4) is 0 Å². The van der Waals surface area contributed by atoms with Crippen LogP contribution in [-0.4, -0.2) is 57.9 Å². The van der Waals surface area contributed by atoms with E-state index < -0.39 is 51.1 Å². The Morgan fingerprint density at radius 1 is 0.933 bits per heavy atom. The zero-order valence-electron chi connectivity index (χ0n) is 16.3. The Hall–Kier alpha value is -2.14. The minimum absolute atomic E-state index is 0.271. The van der Waals surface area contributed by atoms with Crippen LogP contribution in [0.4, 0.5) is 45.2 Å². The standard InChI is InChI=1S/C15H21F3N2O.C2H4F2.CF4/c1-2-20(13-6-4-3-5-7-13)11-10-19-14(21)12-15(17,18)8-9-16;3-1-2-4;2-1(3,4)5/h3-7H,2,8-12H2,1H3,(H,19,21);1-2H2;. The molecular formula is C18H25F9N2O. The van der Waals surface area contributed by atoms with E-state index in [0.29, 0.717) is 6.54 Å². The number of benzene rings is 1. The Morgan fingerprint density at radius 3 is 1.83 bits per heavy atom. The predicted octanol–water partition coefficient (Wildman–Crippen LogP) is 5.42. The van der Waals surface area contributed by atoms with Crippen molar-refractivity contribution >= 4 is 11.6 Å². The van der Waals surface area contributed by atoms with Crippen molar-refractivity contribution in [2.75, 3.05) is 44.6 Å². The zero-order chi connectivity index (χ0) is 23.6. The van der Waals surface area contributed by atoms with E-state index in [1.54, 1.807) is 0 Å². The molecule has 1 rings (SSSR count). The smallest absolute Gasteiger partial charge is 0.370 e. The topological polar surface area (TPSA) is 32.3 Å². The van der Waals surface area contributed by atoms with Gasteiger partial charge in [-0.1, -0.05) is 18.2 Å². The first-order valence-corrected chi connectivity index (χ1v) is 8.78. The third-order valence-corrected chi connectivity index (χ3v) is 3.16. The summed E-state index contributed by atoms with van der Waals surface area (Å²) >= 11 is 0. The van der Waals surface area contributed by atoms with Gasteiger partial charge in [0.2, 0.25) is 5.91 Å². The highest BCUT2D eigenvalue weighted by atomic mass is 19.5. The molecule has 0 saturated carbocycles. The van der Waals surface area contributed by atoms with Crippen molar-refractivity contribution in [2.45, 2.75) is 32.1 Å². The van der Waals surface area contributed by atoms with Crippen LogP contribution >= 0.6 is 0 Å². The molecule has 0 fully saturated rings. The van der Waals surface area contributed by atoms with E-state index in [9.17, 15) is 44.3 Å². The number of hydrogen-bond donors (Lipinski definition) is 1. The largest absolute Gasteiger partial charge is 0.559 e. The number of nitrogens with one attached hydrogen (secondary N) is 1. The van der Waals surface area contributed by atoms with Crippen LogP contribution in [0.5, 0.6) is 0 Å². The number of hydrogen-bond acceptors (Lipinski definition) is 2. The lowest BCUT2D eigenvalue weighted by molar-refractivity contribution is -0.237. The van der Waals surface area contributed by atoms with E-state index in [2.05, 4.69) is 5.32 Å². The molecular weight excluding hydrogens is 431 g/mol. The number of carbonyl (C=O) groups excluding carboxylic acids is 1. The number of carbonyl (C=O) groups is 1. The summed E-state index contributed by atoms with van der Waals surface area (Å²) in [5, 5.41) is 2.45. The molecule has 30 heavy (non-hydrogen) atoms. The van der Waals surface area contributed by atoms with Crippen LogP contribution in [0, 0.1) is 0 Å². The lowest BCUT2D eigenvalue weighted by Gasteiger charge is -2.23. The molecule has 0 aliphatic heterocycles. The molecule has 0 heterocycles. The first-order valence-electron chi connectivity index (χ1n) is 8.78. The predicted molar refractivity (Wildman–Crippen MR) is 96.6 cm³/mol. The van der Waals surface area contributed by atoms with Crippen LogP contribution in [0.3, 0.4) is 0 Å². The number of anilines is 1. The highest BCUT2D eigenvalue weighted by Crippen LogP contribution is 2.22. The Balaban J connectivity index is 0. The van der Waals surface area contributed by atoms with Crippen LogP contribution in [0.1, 0.15) is 19.8 Å². The minimum Gasteiger partial charge on any atom is -0.370 e. The van der Waals surface area contributed by atoms with Gasteiger partial charge < -0.3 is 10.2 Å². The van der Waals surface area contributed by atoms with Gasteiger partial charge in [0.05, 0.1) is 13.1 Å². The summed E-state index contributed by atoms with van der Waals surface area (Å²) in [4.78, 5) is 13.4. The normalized spacial score (nSPS) is 10.9. The molecule has 0 unspecified atom stereocenters. The number of amides is 1. The SMILES string of the molecule is CCN(CCNC(=O)CC(F)(F)CCF)c1ccccc1.FC(F)(F)F.FCCF. The molecule has 1 aromatic carbocycles. The van der Waals surface area contributed by atoms with Crippen molar-refractivity contribution in [2.24, 2.45) is 0 Å². The fraction of sp³-hybridized carbons (Fsp3) is 0.611. The Bertz CT molecular complexity index is 534. The molecule has 0 radical (unpaired) electrons. The van der Waals surface area contributed by atoms with Gasteiger partial charge in [-0.2, -0.15) is 0 Å². The molecule has 1 N–H and O–H groups in total. The second-order valence-corrected chi connectivity index (χ2v) is 5.54. The van der Waals surface area contributed by atoms with Gasteiger partial charge in [0, 0.05) is 31.7 Å². The summed E-state index contributed by atoms with van der Waals surface area (Å²) in [5.74, 6) is -4.03. The van der Waals surface area contributed by atoms with Gasteiger partial charge in [0.15, 0.2) is 0 Å². The highest BCUT2D eigenvalue weighted by Gasteiger charge is 2.31. The number of para-hydroxylation sites is 1. The second-order valence-electron chi connectivity index (χ2n) is 5.54. The number of halogens is 9. The number of rotatable bonds is 10. The fourth-order valence-electron chi connectivity index (χ4n) is 1.96. The van der Waals surface area contributed by atoms with Gasteiger partial charge >= 0.3 is 6.43 Å². The fourth-order valence-corrected chi connectivity index (χ4v) is 1.96. The van der Waals surface area contributed by atoms with Crippen molar-refractivity contribution in [1.82, 2.24) is 5.32 Å².